The molecule has 47 heavy (non-hydrogen) atoms. The number of hydrogen-bond acceptors (Lipinski definition) is 17. The van der Waals surface area contributed by atoms with Crippen LogP contribution in [0.5, 0.6) is 17.8 Å². The Morgan fingerprint density at radius 2 is 1.53 bits per heavy atom. The van der Waals surface area contributed by atoms with E-state index in [0.29, 0.717) is 6.26 Å². The van der Waals surface area contributed by atoms with Crippen LogP contribution in [-0.4, -0.2) is 111 Å². The van der Waals surface area contributed by atoms with Crippen LogP contribution >= 0.6 is 11.3 Å². The number of amides is 3. The molecule has 0 aromatic carbocycles. The van der Waals surface area contributed by atoms with Crippen molar-refractivity contribution in [3.8, 4) is 17.8 Å². The van der Waals surface area contributed by atoms with E-state index in [9.17, 15) is 44.4 Å². The average Bonchev–Trinajstić information content (AvgIpc) is 3.51. The van der Waals surface area contributed by atoms with E-state index in [4.69, 9.17) is 19.3 Å². The van der Waals surface area contributed by atoms with Gasteiger partial charge in [-0.25, -0.2) is 50.0 Å². The second-order valence-electron chi connectivity index (χ2n) is 8.47. The fraction of sp³-hybridized carbons (Fsp3) is 0.350. The highest BCUT2D eigenvalue weighted by Gasteiger charge is 2.30. The Balaban J connectivity index is 0.000000327. The molecule has 0 saturated heterocycles. The molecule has 0 bridgehead atoms. The maximum atomic E-state index is 12.3. The number of aryl methyl sites for hydroxylation is 1. The number of urea groups is 1. The first-order chi connectivity index (χ1) is 21.6. The van der Waals surface area contributed by atoms with Crippen molar-refractivity contribution in [3.63, 3.8) is 0 Å². The third-order valence-corrected chi connectivity index (χ3v) is 11.3. The van der Waals surface area contributed by atoms with Crippen LogP contribution in [-0.2, 0) is 37.3 Å². The minimum absolute atomic E-state index is 0.00654. The molecular weight excluding hydrogens is 719 g/mol. The number of carbonyl (C=O) groups is 3. The highest BCUT2D eigenvalue weighted by atomic mass is 32.3. The number of nitrogens with zero attached hydrogens (tertiary/aromatic N) is 6. The lowest BCUT2D eigenvalue weighted by Gasteiger charge is -2.15. The lowest BCUT2D eigenvalue weighted by molar-refractivity contribution is 0.0693. The first kappa shape index (κ1) is 38.3. The lowest BCUT2D eigenvalue weighted by Crippen LogP contribution is -2.45. The molecule has 27 heteroatoms. The van der Waals surface area contributed by atoms with E-state index >= 15 is 0 Å². The Morgan fingerprint density at radius 3 is 1.98 bits per heavy atom. The molecule has 0 aliphatic heterocycles. The van der Waals surface area contributed by atoms with Crippen molar-refractivity contribution in [2.75, 3.05) is 39.9 Å². The van der Waals surface area contributed by atoms with Crippen LogP contribution in [0.3, 0.4) is 0 Å². The van der Waals surface area contributed by atoms with Crippen molar-refractivity contribution in [1.29, 1.82) is 0 Å². The van der Waals surface area contributed by atoms with Crippen molar-refractivity contribution in [1.82, 2.24) is 37.5 Å². The van der Waals surface area contributed by atoms with Gasteiger partial charge in [0, 0.05) is 24.4 Å². The minimum Gasteiger partial charge on any atom is -0.481 e. The van der Waals surface area contributed by atoms with Crippen molar-refractivity contribution in [2.24, 2.45) is 7.05 Å². The Morgan fingerprint density at radius 1 is 0.979 bits per heavy atom. The standard InChI is InChI=1S/C11H12N4O7S2.C9H15N5O7S2/c1-5-7(6(4-23-5)8(16)17)24(20,21)13-9(18)15-11(19)14(2)10(12-15)22-3;1-14(22(4,16)17)23(18,19)13-9(15)12-8-10-6(20-2)5-7(11-8)21-3/h4H,1-3H3,(H,13,18)(H,16,17);5H,1-4H3,(H2,10,11,12,13,15). The molecule has 3 aromatic heterocycles. The molecule has 3 rings (SSSR count). The fourth-order valence-electron chi connectivity index (χ4n) is 3.02. The molecule has 0 spiro atoms. The zero-order chi connectivity index (χ0) is 36.1. The third kappa shape index (κ3) is 9.34. The van der Waals surface area contributed by atoms with Gasteiger partial charge in [0.15, 0.2) is 0 Å². The number of carbonyl (C=O) groups excluding carboxylic acids is 2. The van der Waals surface area contributed by atoms with Gasteiger partial charge in [-0.05, 0) is 6.92 Å². The number of hydrogen-bond donors (Lipinski definition) is 4. The largest absolute Gasteiger partial charge is 0.481 e. The summed E-state index contributed by atoms with van der Waals surface area (Å²) in [5, 5.41) is 15.7. The monoisotopic (exact) mass is 745 g/mol. The number of carboxylic acid groups (broad SMARTS) is 1. The summed E-state index contributed by atoms with van der Waals surface area (Å²) in [4.78, 5) is 53.8. The summed E-state index contributed by atoms with van der Waals surface area (Å²) in [5.41, 5.74) is -1.40. The fourth-order valence-corrected chi connectivity index (χ4v) is 7.48. The molecule has 3 amide bonds. The Kier molecular flexibility index (Phi) is 12.0. The van der Waals surface area contributed by atoms with E-state index in [2.05, 4.69) is 15.1 Å². The maximum Gasteiger partial charge on any atom is 0.360 e. The molecule has 0 fully saturated rings. The van der Waals surface area contributed by atoms with Crippen LogP contribution in [0.1, 0.15) is 15.2 Å². The predicted molar refractivity (Wildman–Crippen MR) is 160 cm³/mol. The number of nitrogens with one attached hydrogen (secondary N) is 3. The third-order valence-electron chi connectivity index (χ3n) is 5.30. The molecule has 0 atom stereocenters. The summed E-state index contributed by atoms with van der Waals surface area (Å²) < 4.78 is 89.2. The molecule has 3 heterocycles. The molecule has 3 aromatic rings. The topological polar surface area (TPSA) is 306 Å². The van der Waals surface area contributed by atoms with Crippen molar-refractivity contribution >= 4 is 65.6 Å². The quantitative estimate of drug-likeness (QED) is 0.181. The maximum absolute atomic E-state index is 12.3. The highest BCUT2D eigenvalue weighted by molar-refractivity contribution is 8.03. The normalized spacial score (nSPS) is 11.6. The van der Waals surface area contributed by atoms with Crippen LogP contribution in [0, 0.1) is 6.92 Å². The van der Waals surface area contributed by atoms with Crippen LogP contribution in [0.15, 0.2) is 21.1 Å². The molecule has 0 unspecified atom stereocenters. The number of carboxylic acids is 1. The van der Waals surface area contributed by atoms with Crippen molar-refractivity contribution in [2.45, 2.75) is 11.8 Å². The van der Waals surface area contributed by atoms with E-state index in [1.807, 2.05) is 5.32 Å². The van der Waals surface area contributed by atoms with Gasteiger partial charge >= 0.3 is 39.9 Å². The minimum atomic E-state index is -4.60. The SMILES string of the molecule is COc1cc(OC)nc(NC(=O)NS(=O)(=O)N(C)S(C)(=O)=O)n1.COc1nn(C(=O)NS(=O)(=O)c2c(C(=O)O)csc2C)c(=O)n1C. The summed E-state index contributed by atoms with van der Waals surface area (Å²) >= 11 is 0.903. The van der Waals surface area contributed by atoms with Gasteiger partial charge in [0.1, 0.15) is 4.90 Å². The van der Waals surface area contributed by atoms with Gasteiger partial charge < -0.3 is 19.3 Å². The number of methoxy groups -OCH3 is 3. The smallest absolute Gasteiger partial charge is 0.360 e. The van der Waals surface area contributed by atoms with Gasteiger partial charge in [-0.2, -0.15) is 18.4 Å². The van der Waals surface area contributed by atoms with E-state index in [1.54, 1.807) is 4.72 Å². The first-order valence-electron chi connectivity index (χ1n) is 11.9. The zero-order valence-electron chi connectivity index (χ0n) is 25.2. The molecule has 0 aliphatic rings. The van der Waals surface area contributed by atoms with Crippen LogP contribution < -0.4 is 34.7 Å². The Bertz CT molecular complexity index is 2050. The molecule has 4 N–H and O–H groups in total. The van der Waals surface area contributed by atoms with E-state index < -0.39 is 64.4 Å². The summed E-state index contributed by atoms with van der Waals surface area (Å²) in [5.74, 6) is -1.65. The number of thiophene rings is 1. The molecule has 23 nitrogen and oxygen atoms in total. The van der Waals surface area contributed by atoms with Crippen LogP contribution in [0.25, 0.3) is 0 Å². The van der Waals surface area contributed by atoms with Gasteiger partial charge in [-0.1, -0.05) is 3.71 Å². The lowest BCUT2D eigenvalue weighted by atomic mass is 10.3. The Labute approximate surface area is 270 Å². The van der Waals surface area contributed by atoms with Gasteiger partial charge in [-0.15, -0.1) is 21.1 Å². The summed E-state index contributed by atoms with van der Waals surface area (Å²) in [7, 11) is -7.29. The number of ether oxygens (including phenoxy) is 3. The van der Waals surface area contributed by atoms with Crippen molar-refractivity contribution in [3.05, 3.63) is 32.4 Å². The number of aromatic carboxylic acids is 1. The zero-order valence-corrected chi connectivity index (χ0v) is 28.5. The second kappa shape index (κ2) is 14.7. The van der Waals surface area contributed by atoms with E-state index in [1.165, 1.54) is 46.1 Å². The van der Waals surface area contributed by atoms with Gasteiger partial charge in [0.25, 0.3) is 10.0 Å². The molecule has 0 saturated carbocycles. The number of sulfonamides is 2. The summed E-state index contributed by atoms with van der Waals surface area (Å²) in [6.45, 7) is 1.39. The van der Waals surface area contributed by atoms with Gasteiger partial charge in [0.2, 0.25) is 27.7 Å². The summed E-state index contributed by atoms with van der Waals surface area (Å²) in [6, 6.07) is -1.50. The molecule has 0 radical (unpaired) electrons. The number of rotatable bonds is 10. The van der Waals surface area contributed by atoms with Gasteiger partial charge in [0.05, 0.1) is 39.2 Å². The van der Waals surface area contributed by atoms with Crippen molar-refractivity contribution < 1.29 is 59.0 Å². The average molecular weight is 746 g/mol. The van der Waals surface area contributed by atoms with Crippen LogP contribution in [0.2, 0.25) is 0 Å². The first-order valence-corrected chi connectivity index (χ1v) is 17.6. The second-order valence-corrected chi connectivity index (χ2v) is 15.1. The Hall–Kier alpha value is -4.86. The number of anilines is 1. The molecule has 260 valence electrons. The molecule has 0 aliphatic carbocycles. The van der Waals surface area contributed by atoms with Gasteiger partial charge in [-0.3, -0.25) is 5.32 Å². The highest BCUT2D eigenvalue weighted by Crippen LogP contribution is 2.26. The molecular formula is C20H27N9O14S4. The van der Waals surface area contributed by atoms with E-state index in [0.717, 1.165) is 28.3 Å². The summed E-state index contributed by atoms with van der Waals surface area (Å²) in [6.07, 6.45) is 0.667. The van der Waals surface area contributed by atoms with E-state index in [-0.39, 0.29) is 37.0 Å². The predicted octanol–water partition coefficient (Wildman–Crippen LogP) is -1.64. The van der Waals surface area contributed by atoms with Crippen LogP contribution in [0.4, 0.5) is 15.5 Å². The number of aromatic nitrogens is 5.